The van der Waals surface area contributed by atoms with Gasteiger partial charge in [0, 0.05) is 38.8 Å². The van der Waals surface area contributed by atoms with E-state index in [0.29, 0.717) is 18.1 Å². The predicted molar refractivity (Wildman–Crippen MR) is 99.1 cm³/mol. The first-order chi connectivity index (χ1) is 11.6. The van der Waals surface area contributed by atoms with Crippen LogP contribution in [0.2, 0.25) is 0 Å². The van der Waals surface area contributed by atoms with E-state index in [1.54, 1.807) is 17.4 Å². The highest BCUT2D eigenvalue weighted by Gasteiger charge is 2.27. The van der Waals surface area contributed by atoms with Gasteiger partial charge in [-0.25, -0.2) is 0 Å². The van der Waals surface area contributed by atoms with Crippen LogP contribution in [-0.4, -0.2) is 60.6 Å². The molecule has 3 rings (SSSR count). The van der Waals surface area contributed by atoms with Crippen molar-refractivity contribution in [3.63, 3.8) is 0 Å². The van der Waals surface area contributed by atoms with Gasteiger partial charge in [0.05, 0.1) is 12.2 Å². The minimum atomic E-state index is 0.147. The number of piperidine rings is 1. The van der Waals surface area contributed by atoms with Crippen molar-refractivity contribution in [1.82, 2.24) is 9.80 Å². The molecule has 0 saturated carbocycles. The molecule has 2 aliphatic rings. The molecule has 0 radical (unpaired) electrons. The van der Waals surface area contributed by atoms with Crippen molar-refractivity contribution < 1.29 is 9.53 Å². The van der Waals surface area contributed by atoms with Crippen molar-refractivity contribution in [1.29, 1.82) is 0 Å². The number of ether oxygens (including phenoxy) is 1. The monoisotopic (exact) mass is 348 g/mol. The molecule has 24 heavy (non-hydrogen) atoms. The third-order valence-corrected chi connectivity index (χ3v) is 5.60. The van der Waals surface area contributed by atoms with Crippen LogP contribution in [0.4, 0.5) is 0 Å². The summed E-state index contributed by atoms with van der Waals surface area (Å²) >= 11 is 1.65. The second-order valence-corrected chi connectivity index (χ2v) is 7.91. The molecule has 0 bridgehead atoms. The molecule has 0 unspecified atom stereocenters. The molecule has 0 N–H and O–H groups in total. The normalized spacial score (nSPS) is 27.0. The molecule has 5 heteroatoms. The van der Waals surface area contributed by atoms with Crippen LogP contribution in [0.1, 0.15) is 32.3 Å². The highest BCUT2D eigenvalue weighted by Crippen LogP contribution is 2.21. The fourth-order valence-corrected chi connectivity index (χ4v) is 4.41. The third kappa shape index (κ3) is 4.91. The van der Waals surface area contributed by atoms with Gasteiger partial charge in [-0.3, -0.25) is 9.69 Å². The minimum Gasteiger partial charge on any atom is -0.373 e. The smallest absolute Gasteiger partial charge is 0.246 e. The maximum absolute atomic E-state index is 12.3. The summed E-state index contributed by atoms with van der Waals surface area (Å²) in [5, 5.41) is 4.09. The van der Waals surface area contributed by atoms with Gasteiger partial charge in [0.25, 0.3) is 0 Å². The summed E-state index contributed by atoms with van der Waals surface area (Å²) in [6.45, 7) is 9.29. The number of amides is 1. The van der Waals surface area contributed by atoms with Gasteiger partial charge in [-0.2, -0.15) is 11.3 Å². The Bertz CT molecular complexity index is 540. The van der Waals surface area contributed by atoms with Gasteiger partial charge >= 0.3 is 0 Å². The molecule has 1 aromatic heterocycles. The van der Waals surface area contributed by atoms with E-state index in [9.17, 15) is 4.79 Å². The number of nitrogens with zero attached hydrogens (tertiary/aromatic N) is 2. The number of carbonyl (C=O) groups is 1. The standard InChI is InChI=1S/C19H28N2O2S/c1-15-11-20(12-16(2)23-15)13-17-5-8-21(9-6-17)19(22)4-3-18-7-10-24-14-18/h3-4,7,10,14-17H,5-6,8-9,11-13H2,1-2H3/b4-3+/t15-,16+. The molecule has 4 nitrogen and oxygen atoms in total. The second kappa shape index (κ2) is 8.28. The maximum Gasteiger partial charge on any atom is 0.246 e. The SMILES string of the molecule is C[C@@H]1CN(CC2CCN(C(=O)/C=C/c3ccsc3)CC2)C[C@H](C)O1. The van der Waals surface area contributed by atoms with Gasteiger partial charge in [0.1, 0.15) is 0 Å². The lowest BCUT2D eigenvalue weighted by molar-refractivity contribution is -0.127. The van der Waals surface area contributed by atoms with Crippen molar-refractivity contribution in [2.75, 3.05) is 32.7 Å². The maximum atomic E-state index is 12.3. The van der Waals surface area contributed by atoms with Crippen molar-refractivity contribution in [2.24, 2.45) is 5.92 Å². The summed E-state index contributed by atoms with van der Waals surface area (Å²) in [6.07, 6.45) is 6.51. The molecule has 2 aliphatic heterocycles. The fraction of sp³-hybridized carbons (Fsp3) is 0.632. The lowest BCUT2D eigenvalue weighted by atomic mass is 9.95. The highest BCUT2D eigenvalue weighted by molar-refractivity contribution is 7.08. The van der Waals surface area contributed by atoms with Gasteiger partial charge in [-0.05, 0) is 61.1 Å². The number of hydrogen-bond donors (Lipinski definition) is 0. The van der Waals surface area contributed by atoms with Crippen molar-refractivity contribution in [3.05, 3.63) is 28.5 Å². The van der Waals surface area contributed by atoms with E-state index >= 15 is 0 Å². The van der Waals surface area contributed by atoms with Gasteiger partial charge in [-0.1, -0.05) is 0 Å². The average molecular weight is 349 g/mol. The van der Waals surface area contributed by atoms with Crippen LogP contribution in [0, 0.1) is 5.92 Å². The van der Waals surface area contributed by atoms with Crippen LogP contribution < -0.4 is 0 Å². The molecule has 0 aromatic carbocycles. The Morgan fingerprint density at radius 3 is 2.62 bits per heavy atom. The molecule has 2 atom stereocenters. The van der Waals surface area contributed by atoms with Crippen LogP contribution in [0.15, 0.2) is 22.9 Å². The van der Waals surface area contributed by atoms with Gasteiger partial charge in [-0.15, -0.1) is 0 Å². The Kier molecular flexibility index (Phi) is 6.09. The van der Waals surface area contributed by atoms with E-state index in [-0.39, 0.29) is 5.91 Å². The number of hydrogen-bond acceptors (Lipinski definition) is 4. The predicted octanol–water partition coefficient (Wildman–Crippen LogP) is 3.11. The third-order valence-electron chi connectivity index (χ3n) is 4.90. The number of morpholine rings is 1. The molecule has 132 valence electrons. The zero-order valence-corrected chi connectivity index (χ0v) is 15.5. The first kappa shape index (κ1) is 17.6. The van der Waals surface area contributed by atoms with E-state index in [1.807, 2.05) is 22.4 Å². The topological polar surface area (TPSA) is 32.8 Å². The van der Waals surface area contributed by atoms with Gasteiger partial charge in [0.15, 0.2) is 0 Å². The number of rotatable bonds is 4. The van der Waals surface area contributed by atoms with Crippen LogP contribution in [0.3, 0.4) is 0 Å². The molecule has 0 aliphatic carbocycles. The molecule has 0 spiro atoms. The minimum absolute atomic E-state index is 0.147. The Morgan fingerprint density at radius 1 is 1.29 bits per heavy atom. The number of carbonyl (C=O) groups excluding carboxylic acids is 1. The summed E-state index contributed by atoms with van der Waals surface area (Å²) in [5.74, 6) is 0.848. The lowest BCUT2D eigenvalue weighted by Crippen LogP contribution is -2.48. The van der Waals surface area contributed by atoms with E-state index in [1.165, 1.54) is 0 Å². The molecule has 2 saturated heterocycles. The Labute approximate surface area is 149 Å². The molecular weight excluding hydrogens is 320 g/mol. The van der Waals surface area contributed by atoms with Crippen molar-refractivity contribution >= 4 is 23.3 Å². The Morgan fingerprint density at radius 2 is 2.00 bits per heavy atom. The van der Waals surface area contributed by atoms with Crippen molar-refractivity contribution in [3.8, 4) is 0 Å². The van der Waals surface area contributed by atoms with Crippen molar-refractivity contribution in [2.45, 2.75) is 38.9 Å². The Balaban J connectivity index is 1.43. The zero-order valence-electron chi connectivity index (χ0n) is 14.7. The van der Waals surface area contributed by atoms with Crippen LogP contribution in [0.25, 0.3) is 6.08 Å². The lowest BCUT2D eigenvalue weighted by Gasteiger charge is -2.39. The Hall–Kier alpha value is -1.17. The number of likely N-dealkylation sites (tertiary alicyclic amines) is 1. The van der Waals surface area contributed by atoms with E-state index in [0.717, 1.165) is 51.1 Å². The summed E-state index contributed by atoms with van der Waals surface area (Å²) < 4.78 is 5.81. The van der Waals surface area contributed by atoms with E-state index in [4.69, 9.17) is 4.74 Å². The summed E-state index contributed by atoms with van der Waals surface area (Å²) in [4.78, 5) is 16.8. The summed E-state index contributed by atoms with van der Waals surface area (Å²) in [6, 6.07) is 2.03. The first-order valence-corrected chi connectivity index (χ1v) is 9.91. The highest BCUT2D eigenvalue weighted by atomic mass is 32.1. The van der Waals surface area contributed by atoms with Crippen LogP contribution in [-0.2, 0) is 9.53 Å². The quantitative estimate of drug-likeness (QED) is 0.784. The summed E-state index contributed by atoms with van der Waals surface area (Å²) in [5.41, 5.74) is 1.11. The molecular formula is C19H28N2O2S. The van der Waals surface area contributed by atoms with E-state index < -0.39 is 0 Å². The summed E-state index contributed by atoms with van der Waals surface area (Å²) in [7, 11) is 0. The molecule has 2 fully saturated rings. The molecule has 1 aromatic rings. The van der Waals surface area contributed by atoms with Gasteiger partial charge < -0.3 is 9.64 Å². The molecule has 3 heterocycles. The number of thiophene rings is 1. The zero-order chi connectivity index (χ0) is 16.9. The van der Waals surface area contributed by atoms with Gasteiger partial charge in [0.2, 0.25) is 5.91 Å². The molecule has 1 amide bonds. The van der Waals surface area contributed by atoms with Crippen LogP contribution in [0.5, 0.6) is 0 Å². The van der Waals surface area contributed by atoms with Crippen LogP contribution >= 0.6 is 11.3 Å². The fourth-order valence-electron chi connectivity index (χ4n) is 3.78. The largest absolute Gasteiger partial charge is 0.373 e. The average Bonchev–Trinajstić information content (AvgIpc) is 3.06. The first-order valence-electron chi connectivity index (χ1n) is 8.97. The van der Waals surface area contributed by atoms with E-state index in [2.05, 4.69) is 24.1 Å². The second-order valence-electron chi connectivity index (χ2n) is 7.13.